The van der Waals surface area contributed by atoms with E-state index in [2.05, 4.69) is 10.5 Å². The van der Waals surface area contributed by atoms with Crippen LogP contribution in [0.25, 0.3) is 5.00 Å². The van der Waals surface area contributed by atoms with Crippen LogP contribution in [0.2, 0.25) is 0 Å². The van der Waals surface area contributed by atoms with E-state index in [1.54, 1.807) is 0 Å². The van der Waals surface area contributed by atoms with Crippen LogP contribution in [0.1, 0.15) is 50.6 Å². The van der Waals surface area contributed by atoms with Gasteiger partial charge in [0, 0.05) is 27.9 Å². The number of benzene rings is 1. The molecule has 0 fully saturated rings. The highest BCUT2D eigenvalue weighted by Gasteiger charge is 2.27. The van der Waals surface area contributed by atoms with Gasteiger partial charge in [0.15, 0.2) is 0 Å². The maximum atomic E-state index is 12.1. The lowest BCUT2D eigenvalue weighted by Crippen LogP contribution is -2.09. The highest BCUT2D eigenvalue weighted by molar-refractivity contribution is 7.15. The molecule has 176 valence electrons. The molecule has 4 rings (SSSR count). The first kappa shape index (κ1) is 23.1. The zero-order valence-corrected chi connectivity index (χ0v) is 19.2. The number of aryl methyl sites for hydroxylation is 2. The largest absolute Gasteiger partial charge is 0.478 e. The molecule has 11 nitrogen and oxygen atoms in total. The molecule has 3 aromatic rings. The van der Waals surface area contributed by atoms with Crippen LogP contribution in [-0.4, -0.2) is 31.7 Å². The Morgan fingerprint density at radius 1 is 1.18 bits per heavy atom. The highest BCUT2D eigenvalue weighted by atomic mass is 32.1. The van der Waals surface area contributed by atoms with E-state index in [1.165, 1.54) is 23.6 Å². The van der Waals surface area contributed by atoms with Crippen molar-refractivity contribution in [2.45, 2.75) is 39.5 Å². The fourth-order valence-electron chi connectivity index (χ4n) is 4.21. The number of hydrazone groups is 1. The van der Waals surface area contributed by atoms with Gasteiger partial charge in [-0.25, -0.2) is 4.79 Å². The molecular formula is C22H21N5O6S. The number of hydrogen-bond acceptors (Lipinski definition) is 8. The van der Waals surface area contributed by atoms with E-state index in [-0.39, 0.29) is 5.69 Å². The number of aromatic nitrogens is 1. The number of carboxylic acids is 1. The van der Waals surface area contributed by atoms with Crippen molar-refractivity contribution in [2.24, 2.45) is 5.10 Å². The molecule has 1 aliphatic carbocycles. The van der Waals surface area contributed by atoms with Crippen molar-refractivity contribution in [2.75, 3.05) is 5.43 Å². The lowest BCUT2D eigenvalue weighted by Gasteiger charge is -2.11. The van der Waals surface area contributed by atoms with E-state index in [4.69, 9.17) is 0 Å². The summed E-state index contributed by atoms with van der Waals surface area (Å²) >= 11 is 1.51. The average Bonchev–Trinajstić information content (AvgIpc) is 3.30. The van der Waals surface area contributed by atoms with Crippen molar-refractivity contribution >= 4 is 40.6 Å². The molecule has 0 saturated heterocycles. The Kier molecular flexibility index (Phi) is 6.16. The summed E-state index contributed by atoms with van der Waals surface area (Å²) in [6, 6.07) is 5.11. The van der Waals surface area contributed by atoms with E-state index in [0.29, 0.717) is 16.1 Å². The zero-order valence-electron chi connectivity index (χ0n) is 18.4. The molecular weight excluding hydrogens is 462 g/mol. The van der Waals surface area contributed by atoms with Crippen molar-refractivity contribution < 1.29 is 19.7 Å². The molecule has 0 unspecified atom stereocenters. The first-order chi connectivity index (χ1) is 16.2. The van der Waals surface area contributed by atoms with Crippen molar-refractivity contribution in [3.63, 3.8) is 0 Å². The fraction of sp³-hybridized carbons (Fsp3) is 0.273. The number of anilines is 1. The van der Waals surface area contributed by atoms with Gasteiger partial charge in [0.1, 0.15) is 10.7 Å². The van der Waals surface area contributed by atoms with Gasteiger partial charge >= 0.3 is 11.7 Å². The third-order valence-electron chi connectivity index (χ3n) is 5.82. The molecule has 1 aliphatic rings. The minimum absolute atomic E-state index is 0.0137. The second-order valence-electron chi connectivity index (χ2n) is 7.94. The molecule has 2 N–H and O–H groups in total. The van der Waals surface area contributed by atoms with E-state index in [9.17, 15) is 30.1 Å². The predicted molar refractivity (Wildman–Crippen MR) is 128 cm³/mol. The summed E-state index contributed by atoms with van der Waals surface area (Å²) in [5.74, 6) is -0.940. The fourth-order valence-corrected chi connectivity index (χ4v) is 5.70. The first-order valence-electron chi connectivity index (χ1n) is 10.5. The predicted octanol–water partition coefficient (Wildman–Crippen LogP) is 5.00. The monoisotopic (exact) mass is 483 g/mol. The molecule has 0 bridgehead atoms. The maximum Gasteiger partial charge on any atom is 0.339 e. The number of hydrogen-bond donors (Lipinski definition) is 2. The van der Waals surface area contributed by atoms with Gasteiger partial charge < -0.3 is 9.67 Å². The first-order valence-corrected chi connectivity index (χ1v) is 11.3. The number of rotatable bonds is 7. The third-order valence-corrected chi connectivity index (χ3v) is 7.09. The van der Waals surface area contributed by atoms with E-state index < -0.39 is 27.2 Å². The number of fused-ring (bicyclic) bond motifs is 1. The Hall–Kier alpha value is -4.06. The van der Waals surface area contributed by atoms with Crippen LogP contribution in [0.5, 0.6) is 0 Å². The van der Waals surface area contributed by atoms with Crippen LogP contribution in [0, 0.1) is 34.1 Å². The summed E-state index contributed by atoms with van der Waals surface area (Å²) < 4.78 is 1.90. The summed E-state index contributed by atoms with van der Waals surface area (Å²) in [4.78, 5) is 34.0. The number of nitro benzene ring substituents is 2. The Morgan fingerprint density at radius 3 is 2.59 bits per heavy atom. The number of nitrogens with one attached hydrogen (secondary N) is 1. The molecule has 0 amide bonds. The Morgan fingerprint density at radius 2 is 1.91 bits per heavy atom. The lowest BCUT2D eigenvalue weighted by atomic mass is 9.95. The smallest absolute Gasteiger partial charge is 0.339 e. The topological polar surface area (TPSA) is 153 Å². The molecule has 2 heterocycles. The molecule has 0 aliphatic heterocycles. The molecule has 34 heavy (non-hydrogen) atoms. The van der Waals surface area contributed by atoms with Gasteiger partial charge in [0.05, 0.1) is 27.7 Å². The van der Waals surface area contributed by atoms with Gasteiger partial charge in [-0.15, -0.1) is 11.3 Å². The molecule has 0 spiro atoms. The normalized spacial score (nSPS) is 13.1. The number of carbonyl (C=O) groups is 1. The van der Waals surface area contributed by atoms with Gasteiger partial charge in [-0.3, -0.25) is 25.7 Å². The molecule has 1 aromatic carbocycles. The third kappa shape index (κ3) is 4.15. The number of non-ortho nitro benzene ring substituents is 1. The average molecular weight is 484 g/mol. The van der Waals surface area contributed by atoms with Gasteiger partial charge in [-0.2, -0.15) is 5.10 Å². The second kappa shape index (κ2) is 9.06. The van der Waals surface area contributed by atoms with Crippen molar-refractivity contribution in [3.05, 3.63) is 77.4 Å². The number of carboxylic acid groups (broad SMARTS) is 1. The lowest BCUT2D eigenvalue weighted by molar-refractivity contribution is -0.393. The molecule has 0 radical (unpaired) electrons. The Labute approximate surface area is 197 Å². The number of nitro groups is 2. The van der Waals surface area contributed by atoms with Gasteiger partial charge in [0.25, 0.3) is 5.69 Å². The van der Waals surface area contributed by atoms with E-state index in [0.717, 1.165) is 59.6 Å². The number of aromatic carboxylic acids is 1. The van der Waals surface area contributed by atoms with Gasteiger partial charge in [-0.1, -0.05) is 0 Å². The molecule has 2 aromatic heterocycles. The van der Waals surface area contributed by atoms with Crippen LogP contribution in [0.3, 0.4) is 0 Å². The highest BCUT2D eigenvalue weighted by Crippen LogP contribution is 2.38. The number of thiophene rings is 1. The number of nitrogens with zero attached hydrogens (tertiary/aromatic N) is 4. The molecule has 12 heteroatoms. The van der Waals surface area contributed by atoms with Gasteiger partial charge in [0.2, 0.25) is 0 Å². The summed E-state index contributed by atoms with van der Waals surface area (Å²) in [6.07, 6.45) is 5.16. The van der Waals surface area contributed by atoms with Gasteiger partial charge in [-0.05, 0) is 57.2 Å². The quantitative estimate of drug-likeness (QED) is 0.272. The van der Waals surface area contributed by atoms with Crippen molar-refractivity contribution in [1.29, 1.82) is 0 Å². The minimum atomic E-state index is -0.940. The van der Waals surface area contributed by atoms with Crippen LogP contribution in [-0.2, 0) is 12.8 Å². The van der Waals surface area contributed by atoms with E-state index >= 15 is 0 Å². The van der Waals surface area contributed by atoms with Crippen molar-refractivity contribution in [1.82, 2.24) is 4.57 Å². The summed E-state index contributed by atoms with van der Waals surface area (Å²) in [5, 5.41) is 36.9. The maximum absolute atomic E-state index is 12.1. The Bertz CT molecular complexity index is 1360. The summed E-state index contributed by atoms with van der Waals surface area (Å²) in [5.41, 5.74) is 5.33. The second-order valence-corrected chi connectivity index (χ2v) is 9.03. The van der Waals surface area contributed by atoms with E-state index in [1.807, 2.05) is 24.5 Å². The zero-order chi connectivity index (χ0) is 24.6. The summed E-state index contributed by atoms with van der Waals surface area (Å²) in [7, 11) is 0. The van der Waals surface area contributed by atoms with Crippen LogP contribution in [0.15, 0.2) is 29.4 Å². The van der Waals surface area contributed by atoms with Crippen LogP contribution in [0.4, 0.5) is 17.1 Å². The van der Waals surface area contributed by atoms with Crippen LogP contribution < -0.4 is 5.43 Å². The van der Waals surface area contributed by atoms with Crippen molar-refractivity contribution in [3.8, 4) is 5.00 Å². The summed E-state index contributed by atoms with van der Waals surface area (Å²) in [6.45, 7) is 3.73. The van der Waals surface area contributed by atoms with Crippen LogP contribution >= 0.6 is 11.3 Å². The molecule has 0 saturated carbocycles. The SMILES string of the molecule is Cc1cc(C=NNc2ccc([N+](=O)[O-])cc2[N+](=O)[O-])c(C)n1-c1sc2c(c1C(=O)O)CCCC2. The Balaban J connectivity index is 1.66. The molecule has 0 atom stereocenters. The standard InChI is InChI=1S/C22H21N5O6S/c1-12-9-14(11-23-24-17-8-7-15(26(30)31)10-18(17)27(32)33)13(2)25(12)21-20(22(28)29)16-5-3-4-6-19(16)34-21/h7-11,24H,3-6H2,1-2H3,(H,28,29). The minimum Gasteiger partial charge on any atom is -0.478 e.